The topological polar surface area (TPSA) is 55.4 Å². The lowest BCUT2D eigenvalue weighted by atomic mass is 10.1. The smallest absolute Gasteiger partial charge is 0.404 e. The van der Waals surface area contributed by atoms with Crippen molar-refractivity contribution in [3.05, 3.63) is 59.7 Å². The van der Waals surface area contributed by atoms with E-state index < -0.39 is 44.7 Å². The highest BCUT2D eigenvalue weighted by Gasteiger charge is 2.34. The first-order valence-corrected chi connectivity index (χ1v) is 8.30. The second-order valence-corrected chi connectivity index (χ2v) is 6.69. The Labute approximate surface area is 140 Å². The molecule has 0 aliphatic carbocycles. The molecule has 0 amide bonds. The predicted octanol–water partition coefficient (Wildman–Crippen LogP) is 3.90. The van der Waals surface area contributed by atoms with Crippen LogP contribution in [0.4, 0.5) is 22.0 Å². The molecule has 25 heavy (non-hydrogen) atoms. The molecular weight excluding hydrogens is 369 g/mol. The Morgan fingerprint density at radius 3 is 2.28 bits per heavy atom. The van der Waals surface area contributed by atoms with Gasteiger partial charge in [-0.25, -0.2) is 21.9 Å². The van der Waals surface area contributed by atoms with Crippen LogP contribution < -0.4 is 9.46 Å². The van der Waals surface area contributed by atoms with Crippen LogP contribution in [0.2, 0.25) is 0 Å². The predicted molar refractivity (Wildman–Crippen MR) is 78.2 cm³/mol. The van der Waals surface area contributed by atoms with Crippen molar-refractivity contribution in [3.63, 3.8) is 0 Å². The standard InChI is InChI=1S/C15H12F5NO3S/c1-9(10-6-7-11(16)12(17)8-10)21-25(22,23)14-5-3-2-4-13(14)24-15(18,19)20/h2-9,21H,1H3. The van der Waals surface area contributed by atoms with Gasteiger partial charge in [0.2, 0.25) is 10.0 Å². The summed E-state index contributed by atoms with van der Waals surface area (Å²) in [4.78, 5) is -0.734. The van der Waals surface area contributed by atoms with E-state index >= 15 is 0 Å². The number of ether oxygens (including phenoxy) is 1. The van der Waals surface area contributed by atoms with Crippen LogP contribution in [0, 0.1) is 11.6 Å². The highest BCUT2D eigenvalue weighted by atomic mass is 32.2. The van der Waals surface area contributed by atoms with Gasteiger partial charge in [0.15, 0.2) is 11.6 Å². The maximum absolute atomic E-state index is 13.2. The molecule has 10 heteroatoms. The monoisotopic (exact) mass is 381 g/mol. The lowest BCUT2D eigenvalue weighted by molar-refractivity contribution is -0.275. The highest BCUT2D eigenvalue weighted by Crippen LogP contribution is 2.30. The number of nitrogens with one attached hydrogen (secondary N) is 1. The zero-order valence-electron chi connectivity index (χ0n) is 12.6. The van der Waals surface area contributed by atoms with E-state index in [0.29, 0.717) is 0 Å². The molecule has 1 N–H and O–H groups in total. The van der Waals surface area contributed by atoms with Crippen molar-refractivity contribution in [2.45, 2.75) is 24.2 Å². The third kappa shape index (κ3) is 4.89. The molecule has 0 spiro atoms. The maximum Gasteiger partial charge on any atom is 0.573 e. The van der Waals surface area contributed by atoms with Crippen molar-refractivity contribution in [1.82, 2.24) is 4.72 Å². The maximum atomic E-state index is 13.2. The van der Waals surface area contributed by atoms with Gasteiger partial charge in [-0.2, -0.15) is 0 Å². The molecule has 0 saturated heterocycles. The van der Waals surface area contributed by atoms with Crippen molar-refractivity contribution in [2.24, 2.45) is 0 Å². The molecule has 0 fully saturated rings. The lowest BCUT2D eigenvalue weighted by Crippen LogP contribution is -2.28. The summed E-state index contributed by atoms with van der Waals surface area (Å²) in [6.07, 6.45) is -5.07. The summed E-state index contributed by atoms with van der Waals surface area (Å²) < 4.78 is 93.9. The largest absolute Gasteiger partial charge is 0.573 e. The van der Waals surface area contributed by atoms with Gasteiger partial charge < -0.3 is 4.74 Å². The quantitative estimate of drug-likeness (QED) is 0.800. The molecular formula is C15H12F5NO3S. The van der Waals surface area contributed by atoms with Crippen molar-refractivity contribution < 1.29 is 35.1 Å². The Hall–Kier alpha value is -2.20. The summed E-state index contributed by atoms with van der Waals surface area (Å²) in [5, 5.41) is 0. The van der Waals surface area contributed by atoms with Gasteiger partial charge in [-0.3, -0.25) is 0 Å². The molecule has 0 bridgehead atoms. The Bertz CT molecular complexity index is 868. The van der Waals surface area contributed by atoms with E-state index in [-0.39, 0.29) is 5.56 Å². The number of benzene rings is 2. The summed E-state index contributed by atoms with van der Waals surface area (Å²) in [6.45, 7) is 1.33. The minimum Gasteiger partial charge on any atom is -0.404 e. The Morgan fingerprint density at radius 1 is 1.04 bits per heavy atom. The SMILES string of the molecule is CC(NS(=O)(=O)c1ccccc1OC(F)(F)F)c1ccc(F)c(F)c1. The summed E-state index contributed by atoms with van der Waals surface area (Å²) in [6, 6.07) is 5.92. The van der Waals surface area contributed by atoms with Gasteiger partial charge in [0.25, 0.3) is 0 Å². The van der Waals surface area contributed by atoms with E-state index in [1.807, 2.05) is 0 Å². The van der Waals surface area contributed by atoms with Crippen LogP contribution in [0.15, 0.2) is 47.4 Å². The van der Waals surface area contributed by atoms with Crippen molar-refractivity contribution >= 4 is 10.0 Å². The second kappa shape index (κ2) is 6.96. The van der Waals surface area contributed by atoms with E-state index in [1.54, 1.807) is 0 Å². The zero-order valence-corrected chi connectivity index (χ0v) is 13.5. The van der Waals surface area contributed by atoms with Gasteiger partial charge in [-0.1, -0.05) is 18.2 Å². The van der Waals surface area contributed by atoms with E-state index in [9.17, 15) is 30.4 Å². The van der Waals surface area contributed by atoms with Gasteiger partial charge in [0.1, 0.15) is 10.6 Å². The fourth-order valence-corrected chi connectivity index (χ4v) is 3.39. The molecule has 1 unspecified atom stereocenters. The molecule has 1 atom stereocenters. The molecule has 4 nitrogen and oxygen atoms in total. The van der Waals surface area contributed by atoms with Crippen LogP contribution in [0.1, 0.15) is 18.5 Å². The third-order valence-electron chi connectivity index (χ3n) is 3.14. The Kier molecular flexibility index (Phi) is 5.33. The molecule has 0 heterocycles. The van der Waals surface area contributed by atoms with Gasteiger partial charge in [0.05, 0.1) is 0 Å². The average molecular weight is 381 g/mol. The van der Waals surface area contributed by atoms with Gasteiger partial charge in [-0.15, -0.1) is 13.2 Å². The summed E-state index contributed by atoms with van der Waals surface area (Å²) in [7, 11) is -4.42. The molecule has 0 aromatic heterocycles. The van der Waals surface area contributed by atoms with Gasteiger partial charge >= 0.3 is 6.36 Å². The fourth-order valence-electron chi connectivity index (χ4n) is 2.03. The number of sulfonamides is 1. The average Bonchev–Trinajstić information content (AvgIpc) is 2.48. The van der Waals surface area contributed by atoms with E-state index in [4.69, 9.17) is 0 Å². The normalized spacial score (nSPS) is 13.5. The lowest BCUT2D eigenvalue weighted by Gasteiger charge is -2.17. The zero-order chi connectivity index (χ0) is 18.8. The van der Waals surface area contributed by atoms with Crippen LogP contribution in [0.5, 0.6) is 5.75 Å². The number of alkyl halides is 3. The van der Waals surface area contributed by atoms with Crippen molar-refractivity contribution in [1.29, 1.82) is 0 Å². The summed E-state index contributed by atoms with van der Waals surface area (Å²) >= 11 is 0. The number of rotatable bonds is 5. The fraction of sp³-hybridized carbons (Fsp3) is 0.200. The van der Waals surface area contributed by atoms with Crippen LogP contribution in [-0.2, 0) is 10.0 Å². The Balaban J connectivity index is 2.31. The molecule has 2 aromatic rings. The number of hydrogen-bond donors (Lipinski definition) is 1. The van der Waals surface area contributed by atoms with E-state index in [0.717, 1.165) is 30.3 Å². The summed E-state index contributed by atoms with van der Waals surface area (Å²) in [5.41, 5.74) is 0.0942. The van der Waals surface area contributed by atoms with Gasteiger partial charge in [0, 0.05) is 6.04 Å². The second-order valence-electron chi connectivity index (χ2n) is 5.01. The molecule has 0 aliphatic rings. The molecule has 0 saturated carbocycles. The first-order valence-electron chi connectivity index (χ1n) is 6.81. The van der Waals surface area contributed by atoms with Crippen LogP contribution in [0.3, 0.4) is 0 Å². The molecule has 0 radical (unpaired) electrons. The Morgan fingerprint density at radius 2 is 1.68 bits per heavy atom. The van der Waals surface area contributed by atoms with Gasteiger partial charge in [-0.05, 0) is 36.8 Å². The number of para-hydroxylation sites is 1. The van der Waals surface area contributed by atoms with Crippen LogP contribution in [0.25, 0.3) is 0 Å². The van der Waals surface area contributed by atoms with Crippen molar-refractivity contribution in [3.8, 4) is 5.75 Å². The third-order valence-corrected chi connectivity index (χ3v) is 4.72. The first-order chi connectivity index (χ1) is 11.5. The molecule has 136 valence electrons. The minimum atomic E-state index is -5.07. The summed E-state index contributed by atoms with van der Waals surface area (Å²) in [5.74, 6) is -3.19. The number of hydrogen-bond acceptors (Lipinski definition) is 3. The molecule has 2 rings (SSSR count). The van der Waals surface area contributed by atoms with Crippen molar-refractivity contribution in [2.75, 3.05) is 0 Å². The molecule has 0 aliphatic heterocycles. The van der Waals surface area contributed by atoms with Crippen LogP contribution in [-0.4, -0.2) is 14.8 Å². The molecule has 2 aromatic carbocycles. The highest BCUT2D eigenvalue weighted by molar-refractivity contribution is 7.89. The minimum absolute atomic E-state index is 0.0942. The first kappa shape index (κ1) is 19.1. The number of halogens is 5. The van der Waals surface area contributed by atoms with Crippen LogP contribution >= 0.6 is 0 Å². The van der Waals surface area contributed by atoms with E-state index in [1.165, 1.54) is 19.1 Å². The van der Waals surface area contributed by atoms with E-state index in [2.05, 4.69) is 9.46 Å².